The third-order valence-corrected chi connectivity index (χ3v) is 18.2. The molecule has 0 N–H and O–H groups in total. The molecule has 1 atom stereocenters. The Morgan fingerprint density at radius 3 is 1.95 bits per heavy atom. The van der Waals surface area contributed by atoms with E-state index in [9.17, 15) is 0 Å². The molecule has 1 unspecified atom stereocenters. The first-order valence-corrected chi connectivity index (χ1v) is 21.4. The van der Waals surface area contributed by atoms with Gasteiger partial charge in [0.25, 0.3) is 0 Å². The molecule has 0 fully saturated rings. The Hall–Kier alpha value is -6.62. The summed E-state index contributed by atoms with van der Waals surface area (Å²) in [5.74, 6) is 0. The van der Waals surface area contributed by atoms with Gasteiger partial charge in [0.2, 0.25) is 5.69 Å². The van der Waals surface area contributed by atoms with E-state index in [1.807, 2.05) is 0 Å². The van der Waals surface area contributed by atoms with Gasteiger partial charge in [0, 0.05) is 28.5 Å². The number of benzene rings is 7. The first-order chi connectivity index (χ1) is 27.1. The minimum Gasteiger partial charge on any atom is -0.187 e. The lowest BCUT2D eigenvalue weighted by Crippen LogP contribution is -2.84. The molecule has 3 aromatic heterocycles. The number of hydrogen-bond acceptors (Lipinski definition) is 0. The van der Waals surface area contributed by atoms with E-state index < -0.39 is 13.7 Å². The molecule has 0 saturated heterocycles. The standard InChI is InChI=1S/C51H35N3Si/c1-32-15-13-16-33(2)46(32)43-31-53-50-47-38(40-29-34-17-9-10-18-35(34)30-42(40)54(43)50)26-27-45-49(47)51(53)48-39(41-24-11-12-28-52(41)51)23-14-25-44(48)55(45,36-19-5-3-6-20-36)37-21-7-4-8-22-37/h3-31H,1-2H3/q+2. The van der Waals surface area contributed by atoms with E-state index >= 15 is 0 Å². The molecule has 10 aromatic rings. The molecule has 0 bridgehead atoms. The van der Waals surface area contributed by atoms with Crippen LogP contribution in [0.1, 0.15) is 22.3 Å². The summed E-state index contributed by atoms with van der Waals surface area (Å²) in [5, 5.41) is 12.3. The minimum absolute atomic E-state index is 0.614. The molecule has 7 aromatic carbocycles. The van der Waals surface area contributed by atoms with Crippen LogP contribution < -0.4 is 29.9 Å². The number of nitrogens with zero attached hydrogens (tertiary/aromatic N) is 3. The largest absolute Gasteiger partial charge is 0.364 e. The molecular weight excluding hydrogens is 683 g/mol. The van der Waals surface area contributed by atoms with E-state index in [0.717, 1.165) is 0 Å². The van der Waals surface area contributed by atoms with E-state index in [1.165, 1.54) is 104 Å². The minimum atomic E-state index is -2.88. The van der Waals surface area contributed by atoms with E-state index in [2.05, 4.69) is 204 Å². The average molecular weight is 718 g/mol. The fourth-order valence-corrected chi connectivity index (χ4v) is 16.7. The van der Waals surface area contributed by atoms with Gasteiger partial charge in [0.05, 0.1) is 22.1 Å². The van der Waals surface area contributed by atoms with Crippen molar-refractivity contribution in [1.29, 1.82) is 0 Å². The van der Waals surface area contributed by atoms with Gasteiger partial charge in [-0.15, -0.1) is 4.57 Å². The predicted octanol–water partition coefficient (Wildman–Crippen LogP) is 7.54. The highest BCUT2D eigenvalue weighted by molar-refractivity contribution is 7.20. The molecule has 3 aliphatic rings. The number of aromatic nitrogens is 3. The number of pyridine rings is 2. The zero-order valence-corrected chi connectivity index (χ0v) is 31.6. The second-order valence-electron chi connectivity index (χ2n) is 15.8. The second kappa shape index (κ2) is 10.1. The normalized spacial score (nSPS) is 16.8. The molecule has 3 nitrogen and oxygen atoms in total. The molecule has 55 heavy (non-hydrogen) atoms. The highest BCUT2D eigenvalue weighted by atomic mass is 28.3. The molecule has 0 amide bonds. The lowest BCUT2D eigenvalue weighted by Gasteiger charge is -2.42. The van der Waals surface area contributed by atoms with Crippen molar-refractivity contribution in [2.75, 3.05) is 0 Å². The lowest BCUT2D eigenvalue weighted by molar-refractivity contribution is -0.949. The number of fused-ring (bicyclic) bond motifs is 6. The van der Waals surface area contributed by atoms with E-state index in [1.54, 1.807) is 0 Å². The molecule has 13 rings (SSSR count). The van der Waals surface area contributed by atoms with E-state index in [-0.39, 0.29) is 0 Å². The molecule has 1 spiro atoms. The molecule has 0 aliphatic carbocycles. The van der Waals surface area contributed by atoms with Crippen molar-refractivity contribution in [2.24, 2.45) is 0 Å². The summed E-state index contributed by atoms with van der Waals surface area (Å²) >= 11 is 0. The van der Waals surface area contributed by atoms with Gasteiger partial charge < -0.3 is 0 Å². The third kappa shape index (κ3) is 3.28. The van der Waals surface area contributed by atoms with Crippen molar-refractivity contribution in [3.8, 4) is 22.5 Å². The SMILES string of the molecule is Cc1cccc(C)c1-c1c[n+]2c3c4c5c(ccc4c4cc6ccccc6cc4n13)[Si](c1ccccc1)(c1ccccc1)c1cccc3c1C52[n+]1ccccc1-3. The van der Waals surface area contributed by atoms with Crippen LogP contribution in [0.15, 0.2) is 176 Å². The molecular formula is C51H35N3Si+2. The van der Waals surface area contributed by atoms with Crippen LogP contribution in [0.2, 0.25) is 0 Å². The lowest BCUT2D eigenvalue weighted by atomic mass is 9.87. The summed E-state index contributed by atoms with van der Waals surface area (Å²) < 4.78 is 7.94. The first-order valence-electron chi connectivity index (χ1n) is 19.4. The van der Waals surface area contributed by atoms with Crippen molar-refractivity contribution in [1.82, 2.24) is 4.40 Å². The molecule has 0 saturated carbocycles. The van der Waals surface area contributed by atoms with Crippen LogP contribution in [-0.4, -0.2) is 12.5 Å². The van der Waals surface area contributed by atoms with Gasteiger partial charge in [-0.2, -0.15) is 8.97 Å². The number of rotatable bonds is 3. The topological polar surface area (TPSA) is 12.2 Å². The maximum absolute atomic E-state index is 2.88. The molecule has 4 heteroatoms. The van der Waals surface area contributed by atoms with Crippen molar-refractivity contribution in [2.45, 2.75) is 19.5 Å². The first kappa shape index (κ1) is 29.8. The van der Waals surface area contributed by atoms with Crippen molar-refractivity contribution < 1.29 is 9.13 Å². The maximum Gasteiger partial charge on any atom is 0.364 e. The summed E-state index contributed by atoms with van der Waals surface area (Å²) in [6.07, 6.45) is 4.86. The summed E-state index contributed by atoms with van der Waals surface area (Å²) in [6, 6.07) is 62.4. The van der Waals surface area contributed by atoms with Crippen molar-refractivity contribution in [3.05, 3.63) is 198 Å². The fourth-order valence-electron chi connectivity index (χ4n) is 11.4. The van der Waals surface area contributed by atoms with Crippen molar-refractivity contribution in [3.63, 3.8) is 0 Å². The Morgan fingerprint density at radius 2 is 1.20 bits per heavy atom. The second-order valence-corrected chi connectivity index (χ2v) is 19.5. The van der Waals surface area contributed by atoms with Gasteiger partial charge >= 0.3 is 11.3 Å². The Morgan fingerprint density at radius 1 is 0.545 bits per heavy atom. The Bertz CT molecular complexity index is 3290. The predicted molar refractivity (Wildman–Crippen MR) is 226 cm³/mol. The molecule has 0 radical (unpaired) electrons. The monoisotopic (exact) mass is 717 g/mol. The Kier molecular flexibility index (Phi) is 5.48. The fraction of sp³-hybridized carbons (Fsp3) is 0.0588. The highest BCUT2D eigenvalue weighted by Crippen LogP contribution is 2.51. The van der Waals surface area contributed by atoms with Gasteiger partial charge in [0.1, 0.15) is 11.7 Å². The third-order valence-electron chi connectivity index (χ3n) is 13.3. The van der Waals surface area contributed by atoms with Crippen LogP contribution in [0.4, 0.5) is 0 Å². The van der Waals surface area contributed by atoms with Crippen LogP contribution in [-0.2, 0) is 5.66 Å². The summed E-state index contributed by atoms with van der Waals surface area (Å²) in [6.45, 7) is 4.54. The van der Waals surface area contributed by atoms with Crippen LogP contribution in [0, 0.1) is 13.8 Å². The summed E-state index contributed by atoms with van der Waals surface area (Å²) in [5.41, 5.74) is 12.5. The summed E-state index contributed by atoms with van der Waals surface area (Å²) in [7, 11) is -2.88. The van der Waals surface area contributed by atoms with Crippen LogP contribution in [0.5, 0.6) is 0 Å². The van der Waals surface area contributed by atoms with Crippen LogP contribution in [0.25, 0.3) is 60.6 Å². The van der Waals surface area contributed by atoms with Crippen LogP contribution in [0.3, 0.4) is 0 Å². The number of aryl methyl sites for hydroxylation is 2. The van der Waals surface area contributed by atoms with Gasteiger partial charge in [-0.3, -0.25) is 0 Å². The van der Waals surface area contributed by atoms with Crippen molar-refractivity contribution >= 4 is 66.9 Å². The Balaban J connectivity index is 1.35. The number of hydrogen-bond donors (Lipinski definition) is 0. The van der Waals surface area contributed by atoms with Gasteiger partial charge in [-0.05, 0) is 80.8 Å². The highest BCUT2D eigenvalue weighted by Gasteiger charge is 2.71. The molecule has 3 aliphatic heterocycles. The van der Waals surface area contributed by atoms with Gasteiger partial charge in [-0.25, -0.2) is 0 Å². The Labute approximate surface area is 319 Å². The zero-order valence-electron chi connectivity index (χ0n) is 30.6. The van der Waals surface area contributed by atoms with Gasteiger partial charge in [-0.1, -0.05) is 127 Å². The molecule has 256 valence electrons. The smallest absolute Gasteiger partial charge is 0.187 e. The average Bonchev–Trinajstić information content (AvgIpc) is 3.87. The molecule has 6 heterocycles. The van der Waals surface area contributed by atoms with Crippen LogP contribution >= 0.6 is 0 Å². The van der Waals surface area contributed by atoms with Gasteiger partial charge in [0.15, 0.2) is 20.0 Å². The summed E-state index contributed by atoms with van der Waals surface area (Å²) in [4.78, 5) is 0. The number of imidazole rings is 1. The zero-order chi connectivity index (χ0) is 36.2. The maximum atomic E-state index is 2.69. The van der Waals surface area contributed by atoms with E-state index in [4.69, 9.17) is 0 Å². The van der Waals surface area contributed by atoms with E-state index in [0.29, 0.717) is 0 Å². The quantitative estimate of drug-likeness (QED) is 0.0776.